The van der Waals surface area contributed by atoms with Crippen molar-refractivity contribution in [3.05, 3.63) is 42.2 Å². The van der Waals surface area contributed by atoms with Crippen LogP contribution in [0, 0.1) is 0 Å². The number of benzene rings is 1. The molecule has 2 rings (SSSR count). The lowest BCUT2D eigenvalue weighted by molar-refractivity contribution is 0.241. The summed E-state index contributed by atoms with van der Waals surface area (Å²) >= 11 is 0. The summed E-state index contributed by atoms with van der Waals surface area (Å²) in [6, 6.07) is 7.94. The zero-order chi connectivity index (χ0) is 13.0. The van der Waals surface area contributed by atoms with E-state index in [4.69, 9.17) is 9.47 Å². The molecule has 4 nitrogen and oxygen atoms in total. The third-order valence-electron chi connectivity index (χ3n) is 2.36. The van der Waals surface area contributed by atoms with E-state index in [0.29, 0.717) is 6.61 Å². The Balaban J connectivity index is 1.96. The topological polar surface area (TPSA) is 36.3 Å². The summed E-state index contributed by atoms with van der Waals surface area (Å²) in [6.07, 6.45) is 3.72. The molecule has 0 saturated carbocycles. The molecule has 4 heteroatoms. The molecule has 0 aliphatic rings. The number of ether oxygens (including phenoxy) is 2. The van der Waals surface area contributed by atoms with Crippen LogP contribution in [0.15, 0.2) is 36.7 Å². The van der Waals surface area contributed by atoms with Crippen LogP contribution in [0.1, 0.15) is 19.4 Å². The fraction of sp³-hybridized carbons (Fsp3) is 0.357. The molecule has 0 aliphatic carbocycles. The summed E-state index contributed by atoms with van der Waals surface area (Å²) in [6.45, 7) is 4.54. The van der Waals surface area contributed by atoms with Crippen molar-refractivity contribution in [1.29, 1.82) is 0 Å². The first-order valence-corrected chi connectivity index (χ1v) is 6.00. The first kappa shape index (κ1) is 12.5. The number of aromatic nitrogens is 2. The smallest absolute Gasteiger partial charge is 0.157 e. The average Bonchev–Trinajstić information content (AvgIpc) is 2.72. The maximum atomic E-state index is 5.64. The van der Waals surface area contributed by atoms with Gasteiger partial charge in [0.2, 0.25) is 0 Å². The molecule has 0 fully saturated rings. The van der Waals surface area contributed by atoms with Crippen molar-refractivity contribution in [2.75, 3.05) is 0 Å². The van der Waals surface area contributed by atoms with Crippen molar-refractivity contribution in [1.82, 2.24) is 9.78 Å². The lowest BCUT2D eigenvalue weighted by atomic mass is 10.2. The SMILES string of the molecule is CC(C)Oc1cccc(COc2cnn(C)c2)c1. The van der Waals surface area contributed by atoms with Crippen LogP contribution in [0.5, 0.6) is 11.5 Å². The Kier molecular flexibility index (Phi) is 3.87. The van der Waals surface area contributed by atoms with Crippen molar-refractivity contribution >= 4 is 0 Å². The van der Waals surface area contributed by atoms with Crippen LogP contribution in [0.4, 0.5) is 0 Å². The van der Waals surface area contributed by atoms with E-state index in [9.17, 15) is 0 Å². The lowest BCUT2D eigenvalue weighted by Crippen LogP contribution is -2.06. The molecule has 0 aliphatic heterocycles. The second kappa shape index (κ2) is 5.58. The summed E-state index contributed by atoms with van der Waals surface area (Å²) in [5.74, 6) is 1.64. The largest absolute Gasteiger partial charge is 0.491 e. The third-order valence-corrected chi connectivity index (χ3v) is 2.36. The predicted octanol–water partition coefficient (Wildman–Crippen LogP) is 2.79. The van der Waals surface area contributed by atoms with Crippen molar-refractivity contribution in [3.8, 4) is 11.5 Å². The highest BCUT2D eigenvalue weighted by atomic mass is 16.5. The van der Waals surface area contributed by atoms with Gasteiger partial charge in [0.25, 0.3) is 0 Å². The van der Waals surface area contributed by atoms with Gasteiger partial charge in [-0.3, -0.25) is 4.68 Å². The van der Waals surface area contributed by atoms with Gasteiger partial charge in [0, 0.05) is 7.05 Å². The Hall–Kier alpha value is -1.97. The number of aryl methyl sites for hydroxylation is 1. The van der Waals surface area contributed by atoms with E-state index in [1.807, 2.05) is 51.4 Å². The first-order chi connectivity index (χ1) is 8.63. The Bertz CT molecular complexity index is 506. The van der Waals surface area contributed by atoms with E-state index in [-0.39, 0.29) is 6.10 Å². The number of rotatable bonds is 5. The minimum absolute atomic E-state index is 0.180. The monoisotopic (exact) mass is 246 g/mol. The highest BCUT2D eigenvalue weighted by molar-refractivity contribution is 5.28. The van der Waals surface area contributed by atoms with Crippen LogP contribution in [0.3, 0.4) is 0 Å². The molecule has 0 radical (unpaired) electrons. The zero-order valence-corrected chi connectivity index (χ0v) is 11.0. The molecule has 0 saturated heterocycles. The van der Waals surface area contributed by atoms with E-state index in [1.165, 1.54) is 0 Å². The Morgan fingerprint density at radius 3 is 2.78 bits per heavy atom. The van der Waals surface area contributed by atoms with E-state index >= 15 is 0 Å². The quantitative estimate of drug-likeness (QED) is 0.814. The van der Waals surface area contributed by atoms with Crippen LogP contribution in [-0.4, -0.2) is 15.9 Å². The van der Waals surface area contributed by atoms with E-state index in [0.717, 1.165) is 17.1 Å². The van der Waals surface area contributed by atoms with E-state index < -0.39 is 0 Å². The number of hydrogen-bond donors (Lipinski definition) is 0. The standard InChI is InChI=1S/C14H18N2O2/c1-11(2)18-13-6-4-5-12(7-13)10-17-14-8-15-16(3)9-14/h4-9,11H,10H2,1-3H3. The molecule has 1 aromatic heterocycles. The van der Waals surface area contributed by atoms with Gasteiger partial charge < -0.3 is 9.47 Å². The fourth-order valence-corrected chi connectivity index (χ4v) is 1.62. The third kappa shape index (κ3) is 3.52. The molecular weight excluding hydrogens is 228 g/mol. The second-order valence-electron chi connectivity index (χ2n) is 4.45. The van der Waals surface area contributed by atoms with Gasteiger partial charge in [-0.2, -0.15) is 5.10 Å². The normalized spacial score (nSPS) is 10.7. The average molecular weight is 246 g/mol. The molecule has 1 aromatic carbocycles. The summed E-state index contributed by atoms with van der Waals surface area (Å²) in [4.78, 5) is 0. The molecule has 0 atom stereocenters. The minimum Gasteiger partial charge on any atom is -0.491 e. The summed E-state index contributed by atoms with van der Waals surface area (Å²) in [5, 5.41) is 4.05. The van der Waals surface area contributed by atoms with Gasteiger partial charge >= 0.3 is 0 Å². The van der Waals surface area contributed by atoms with Gasteiger partial charge in [-0.25, -0.2) is 0 Å². The van der Waals surface area contributed by atoms with Crippen LogP contribution >= 0.6 is 0 Å². The van der Waals surface area contributed by atoms with Gasteiger partial charge in [-0.1, -0.05) is 12.1 Å². The van der Waals surface area contributed by atoms with Crippen molar-refractivity contribution in [3.63, 3.8) is 0 Å². The van der Waals surface area contributed by atoms with Crippen molar-refractivity contribution < 1.29 is 9.47 Å². The molecule has 0 N–H and O–H groups in total. The fourth-order valence-electron chi connectivity index (χ4n) is 1.62. The van der Waals surface area contributed by atoms with Gasteiger partial charge in [0.15, 0.2) is 5.75 Å². The number of hydrogen-bond acceptors (Lipinski definition) is 3. The molecule has 1 heterocycles. The van der Waals surface area contributed by atoms with Gasteiger partial charge in [0.1, 0.15) is 12.4 Å². The maximum absolute atomic E-state index is 5.64. The Morgan fingerprint density at radius 1 is 1.28 bits per heavy atom. The lowest BCUT2D eigenvalue weighted by Gasteiger charge is -2.11. The van der Waals surface area contributed by atoms with Crippen LogP contribution in [0.2, 0.25) is 0 Å². The predicted molar refractivity (Wildman–Crippen MR) is 69.7 cm³/mol. The molecule has 0 bridgehead atoms. The van der Waals surface area contributed by atoms with Crippen molar-refractivity contribution in [2.45, 2.75) is 26.6 Å². The van der Waals surface area contributed by atoms with Gasteiger partial charge in [0.05, 0.1) is 18.5 Å². The van der Waals surface area contributed by atoms with Gasteiger partial charge in [-0.15, -0.1) is 0 Å². The number of nitrogens with zero attached hydrogens (tertiary/aromatic N) is 2. The zero-order valence-electron chi connectivity index (χ0n) is 11.0. The van der Waals surface area contributed by atoms with Crippen LogP contribution in [0.25, 0.3) is 0 Å². The minimum atomic E-state index is 0.180. The van der Waals surface area contributed by atoms with E-state index in [1.54, 1.807) is 10.9 Å². The van der Waals surface area contributed by atoms with Crippen LogP contribution < -0.4 is 9.47 Å². The summed E-state index contributed by atoms with van der Waals surface area (Å²) in [7, 11) is 1.87. The highest BCUT2D eigenvalue weighted by Gasteiger charge is 2.01. The summed E-state index contributed by atoms with van der Waals surface area (Å²) in [5.41, 5.74) is 1.08. The summed E-state index contributed by atoms with van der Waals surface area (Å²) < 4.78 is 13.0. The Labute approximate surface area is 107 Å². The molecule has 0 amide bonds. The maximum Gasteiger partial charge on any atom is 0.157 e. The molecular formula is C14H18N2O2. The van der Waals surface area contributed by atoms with E-state index in [2.05, 4.69) is 5.10 Å². The second-order valence-corrected chi connectivity index (χ2v) is 4.45. The molecule has 96 valence electrons. The molecule has 18 heavy (non-hydrogen) atoms. The van der Waals surface area contributed by atoms with Gasteiger partial charge in [-0.05, 0) is 31.5 Å². The molecule has 2 aromatic rings. The molecule has 0 spiro atoms. The Morgan fingerprint density at radius 2 is 2.11 bits per heavy atom. The first-order valence-electron chi connectivity index (χ1n) is 6.00. The van der Waals surface area contributed by atoms with Crippen LogP contribution in [-0.2, 0) is 13.7 Å². The highest BCUT2D eigenvalue weighted by Crippen LogP contribution is 2.17. The van der Waals surface area contributed by atoms with Crippen molar-refractivity contribution in [2.24, 2.45) is 7.05 Å². The molecule has 0 unspecified atom stereocenters.